The summed E-state index contributed by atoms with van der Waals surface area (Å²) in [5.41, 5.74) is 0.553. The maximum absolute atomic E-state index is 13.7. The zero-order valence-corrected chi connectivity index (χ0v) is 13.2. The number of fused-ring (bicyclic) bond motifs is 1. The van der Waals surface area contributed by atoms with Crippen LogP contribution >= 0.6 is 11.3 Å². The molecule has 1 aromatic heterocycles. The molecule has 5 nitrogen and oxygen atoms in total. The van der Waals surface area contributed by atoms with Gasteiger partial charge in [-0.25, -0.2) is 9.37 Å². The third-order valence-corrected chi connectivity index (χ3v) is 4.17. The average molecular weight is 332 g/mol. The van der Waals surface area contributed by atoms with E-state index in [4.69, 9.17) is 9.47 Å². The number of aromatic nitrogens is 1. The summed E-state index contributed by atoms with van der Waals surface area (Å²) in [6.45, 7) is 0. The Kier molecular flexibility index (Phi) is 4.12. The van der Waals surface area contributed by atoms with Crippen LogP contribution in [0.15, 0.2) is 36.4 Å². The summed E-state index contributed by atoms with van der Waals surface area (Å²) in [5, 5.41) is 2.99. The van der Waals surface area contributed by atoms with E-state index < -0.39 is 11.7 Å². The molecule has 0 fully saturated rings. The Morgan fingerprint density at radius 2 is 1.96 bits per heavy atom. The molecule has 0 aliphatic carbocycles. The normalized spacial score (nSPS) is 10.6. The highest BCUT2D eigenvalue weighted by Gasteiger charge is 2.18. The molecule has 0 spiro atoms. The van der Waals surface area contributed by atoms with Crippen molar-refractivity contribution in [1.82, 2.24) is 4.98 Å². The number of halogens is 1. The number of rotatable bonds is 4. The minimum absolute atomic E-state index is 0.241. The molecule has 2 aromatic carbocycles. The molecule has 0 aliphatic heterocycles. The van der Waals surface area contributed by atoms with E-state index in [2.05, 4.69) is 10.3 Å². The van der Waals surface area contributed by atoms with Crippen LogP contribution in [0.4, 0.5) is 9.52 Å². The lowest BCUT2D eigenvalue weighted by molar-refractivity contribution is 0.102. The lowest BCUT2D eigenvalue weighted by Gasteiger charge is -2.11. The minimum atomic E-state index is -0.418. The topological polar surface area (TPSA) is 60.5 Å². The molecule has 1 amide bonds. The molecule has 118 valence electrons. The van der Waals surface area contributed by atoms with E-state index in [1.165, 1.54) is 31.6 Å². The van der Waals surface area contributed by atoms with Gasteiger partial charge in [-0.3, -0.25) is 10.1 Å². The van der Waals surface area contributed by atoms with E-state index in [-0.39, 0.29) is 5.52 Å². The summed E-state index contributed by atoms with van der Waals surface area (Å²) in [5.74, 6) is -0.0336. The van der Waals surface area contributed by atoms with Crippen LogP contribution in [0.1, 0.15) is 10.4 Å². The van der Waals surface area contributed by atoms with Gasteiger partial charge in [-0.1, -0.05) is 23.5 Å². The average Bonchev–Trinajstić information content (AvgIpc) is 2.97. The van der Waals surface area contributed by atoms with Gasteiger partial charge in [0.25, 0.3) is 5.91 Å². The van der Waals surface area contributed by atoms with Gasteiger partial charge < -0.3 is 9.47 Å². The van der Waals surface area contributed by atoms with Crippen LogP contribution in [-0.2, 0) is 0 Å². The number of hydrogen-bond acceptors (Lipinski definition) is 5. The first kappa shape index (κ1) is 15.2. The molecule has 7 heteroatoms. The van der Waals surface area contributed by atoms with Crippen LogP contribution in [0.2, 0.25) is 0 Å². The number of benzene rings is 2. The fraction of sp³-hybridized carbons (Fsp3) is 0.125. The summed E-state index contributed by atoms with van der Waals surface area (Å²) in [7, 11) is 2.96. The monoisotopic (exact) mass is 332 g/mol. The molecule has 23 heavy (non-hydrogen) atoms. The number of hydrogen-bond donors (Lipinski definition) is 1. The van der Waals surface area contributed by atoms with Gasteiger partial charge >= 0.3 is 0 Å². The number of ether oxygens (including phenoxy) is 2. The summed E-state index contributed by atoms with van der Waals surface area (Å²) in [6, 6.07) is 9.69. The first-order valence-electron chi connectivity index (χ1n) is 6.71. The molecule has 3 rings (SSSR count). The van der Waals surface area contributed by atoms with Crippen molar-refractivity contribution in [1.29, 1.82) is 0 Å². The highest BCUT2D eigenvalue weighted by atomic mass is 32.1. The number of anilines is 1. The number of nitrogens with one attached hydrogen (secondary N) is 1. The lowest BCUT2D eigenvalue weighted by Crippen LogP contribution is -2.13. The van der Waals surface area contributed by atoms with E-state index in [0.717, 1.165) is 0 Å². The van der Waals surface area contributed by atoms with Crippen LogP contribution in [0.3, 0.4) is 0 Å². The van der Waals surface area contributed by atoms with Crippen LogP contribution in [-0.4, -0.2) is 25.1 Å². The van der Waals surface area contributed by atoms with Crippen molar-refractivity contribution >= 4 is 32.6 Å². The first-order valence-corrected chi connectivity index (χ1v) is 7.53. The molecular formula is C16H13FN2O3S. The van der Waals surface area contributed by atoms with Crippen molar-refractivity contribution in [3.8, 4) is 11.5 Å². The van der Waals surface area contributed by atoms with E-state index >= 15 is 0 Å². The highest BCUT2D eigenvalue weighted by Crippen LogP contribution is 2.32. The van der Waals surface area contributed by atoms with Crippen molar-refractivity contribution < 1.29 is 18.7 Å². The number of carbonyl (C=O) groups is 1. The van der Waals surface area contributed by atoms with Gasteiger partial charge in [0.15, 0.2) is 16.6 Å². The number of para-hydroxylation sites is 2. The van der Waals surface area contributed by atoms with Gasteiger partial charge in [-0.05, 0) is 24.3 Å². The largest absolute Gasteiger partial charge is 0.493 e. The first-order chi connectivity index (χ1) is 11.1. The number of thiazole rings is 1. The maximum Gasteiger partial charge on any atom is 0.261 e. The fourth-order valence-corrected chi connectivity index (χ4v) is 3.07. The van der Waals surface area contributed by atoms with Gasteiger partial charge in [-0.15, -0.1) is 0 Å². The van der Waals surface area contributed by atoms with Crippen LogP contribution in [0, 0.1) is 5.82 Å². The Morgan fingerprint density at radius 1 is 1.17 bits per heavy atom. The second-order valence-electron chi connectivity index (χ2n) is 4.60. The second-order valence-corrected chi connectivity index (χ2v) is 5.63. The Bertz CT molecular complexity index is 879. The SMILES string of the molecule is COc1cccc(C(=O)Nc2nc3c(F)cccc3s2)c1OC. The molecule has 0 bridgehead atoms. The van der Waals surface area contributed by atoms with Crippen molar-refractivity contribution in [2.45, 2.75) is 0 Å². The summed E-state index contributed by atoms with van der Waals surface area (Å²) < 4.78 is 24.8. The Balaban J connectivity index is 1.93. The third-order valence-electron chi connectivity index (χ3n) is 3.24. The van der Waals surface area contributed by atoms with Crippen molar-refractivity contribution in [3.05, 3.63) is 47.8 Å². The predicted octanol–water partition coefficient (Wildman–Crippen LogP) is 3.70. The fourth-order valence-electron chi connectivity index (χ4n) is 2.20. The molecule has 0 radical (unpaired) electrons. The second kappa shape index (κ2) is 6.21. The standard InChI is InChI=1S/C16H13FN2O3S/c1-21-11-7-3-5-9(14(11)22-2)15(20)19-16-18-13-10(17)6-4-8-12(13)23-16/h3-8H,1-2H3,(H,18,19,20). The zero-order valence-electron chi connectivity index (χ0n) is 12.4. The minimum Gasteiger partial charge on any atom is -0.493 e. The van der Waals surface area contributed by atoms with Gasteiger partial charge in [-0.2, -0.15) is 0 Å². The molecule has 3 aromatic rings. The van der Waals surface area contributed by atoms with E-state index in [1.807, 2.05) is 0 Å². The maximum atomic E-state index is 13.7. The quantitative estimate of drug-likeness (QED) is 0.791. The van der Waals surface area contributed by atoms with Gasteiger partial charge in [0.1, 0.15) is 11.3 Å². The smallest absolute Gasteiger partial charge is 0.261 e. The lowest BCUT2D eigenvalue weighted by atomic mass is 10.1. The molecule has 0 atom stereocenters. The van der Waals surface area contributed by atoms with Gasteiger partial charge in [0, 0.05) is 0 Å². The number of nitrogens with zero attached hydrogens (tertiary/aromatic N) is 1. The molecular weight excluding hydrogens is 319 g/mol. The van der Waals surface area contributed by atoms with Crippen molar-refractivity contribution in [2.75, 3.05) is 19.5 Å². The summed E-state index contributed by atoms with van der Waals surface area (Å²) in [6.07, 6.45) is 0. The molecule has 1 heterocycles. The van der Waals surface area contributed by atoms with E-state index in [0.29, 0.717) is 26.9 Å². The molecule has 0 unspecified atom stereocenters. The highest BCUT2D eigenvalue weighted by molar-refractivity contribution is 7.22. The Labute approximate surface area is 135 Å². The van der Waals surface area contributed by atoms with Gasteiger partial charge in [0.05, 0.1) is 24.5 Å². The summed E-state index contributed by atoms with van der Waals surface area (Å²) in [4.78, 5) is 16.6. The molecule has 0 saturated carbocycles. The zero-order chi connectivity index (χ0) is 16.4. The van der Waals surface area contributed by atoms with Crippen LogP contribution in [0.25, 0.3) is 10.2 Å². The van der Waals surface area contributed by atoms with Crippen molar-refractivity contribution in [3.63, 3.8) is 0 Å². The van der Waals surface area contributed by atoms with E-state index in [1.54, 1.807) is 30.3 Å². The molecule has 0 saturated heterocycles. The number of carbonyl (C=O) groups excluding carboxylic acids is 1. The van der Waals surface area contributed by atoms with Crippen LogP contribution in [0.5, 0.6) is 11.5 Å². The number of methoxy groups -OCH3 is 2. The third kappa shape index (κ3) is 2.83. The number of amides is 1. The predicted molar refractivity (Wildman–Crippen MR) is 87.1 cm³/mol. The summed E-state index contributed by atoms with van der Waals surface area (Å²) >= 11 is 1.20. The Morgan fingerprint density at radius 3 is 2.65 bits per heavy atom. The Hall–Kier alpha value is -2.67. The molecule has 0 aliphatic rings. The van der Waals surface area contributed by atoms with Crippen LogP contribution < -0.4 is 14.8 Å². The van der Waals surface area contributed by atoms with Crippen molar-refractivity contribution in [2.24, 2.45) is 0 Å². The molecule has 1 N–H and O–H groups in total. The van der Waals surface area contributed by atoms with E-state index in [9.17, 15) is 9.18 Å². The van der Waals surface area contributed by atoms with Gasteiger partial charge in [0.2, 0.25) is 0 Å².